The first-order valence-corrected chi connectivity index (χ1v) is 6.59. The Hall–Kier alpha value is -2.56. The van der Waals surface area contributed by atoms with Gasteiger partial charge in [-0.2, -0.15) is 0 Å². The van der Waals surface area contributed by atoms with Crippen LogP contribution < -0.4 is 4.74 Å². The molecule has 0 saturated carbocycles. The lowest BCUT2D eigenvalue weighted by molar-refractivity contribution is -0.138. The molecule has 0 atom stereocenters. The number of aliphatic hydroxyl groups is 1. The van der Waals surface area contributed by atoms with E-state index >= 15 is 0 Å². The minimum atomic E-state index is -0.561. The SMILES string of the molecule is CCOC(=O)C1=C(O)C(=Cc2ccc(OC)cc2)N=C1C. The summed E-state index contributed by atoms with van der Waals surface area (Å²) in [6, 6.07) is 7.30. The standard InChI is InChI=1S/C16H17NO4/c1-4-21-16(19)14-10(2)17-13(15(14)18)9-11-5-7-12(20-3)8-6-11/h5-9,18H,4H2,1-3H3. The molecule has 21 heavy (non-hydrogen) atoms. The van der Waals surface area contributed by atoms with E-state index in [0.29, 0.717) is 11.4 Å². The predicted octanol–water partition coefficient (Wildman–Crippen LogP) is 2.89. The van der Waals surface area contributed by atoms with E-state index < -0.39 is 5.97 Å². The normalized spacial score (nSPS) is 16.1. The molecule has 1 heterocycles. The van der Waals surface area contributed by atoms with Crippen LogP contribution in [0, 0.1) is 0 Å². The molecule has 5 heteroatoms. The van der Waals surface area contributed by atoms with Gasteiger partial charge in [-0.15, -0.1) is 0 Å². The smallest absolute Gasteiger partial charge is 0.343 e. The van der Waals surface area contributed by atoms with Gasteiger partial charge in [0.1, 0.15) is 17.0 Å². The highest BCUT2D eigenvalue weighted by molar-refractivity contribution is 6.22. The highest BCUT2D eigenvalue weighted by atomic mass is 16.5. The third-order valence-electron chi connectivity index (χ3n) is 3.03. The highest BCUT2D eigenvalue weighted by Crippen LogP contribution is 2.26. The van der Waals surface area contributed by atoms with Gasteiger partial charge in [0.2, 0.25) is 0 Å². The van der Waals surface area contributed by atoms with Crippen LogP contribution in [0.2, 0.25) is 0 Å². The summed E-state index contributed by atoms with van der Waals surface area (Å²) in [5.41, 5.74) is 1.77. The monoisotopic (exact) mass is 287 g/mol. The zero-order valence-electron chi connectivity index (χ0n) is 12.2. The number of carbonyl (C=O) groups excluding carboxylic acids is 1. The number of carbonyl (C=O) groups is 1. The lowest BCUT2D eigenvalue weighted by Crippen LogP contribution is -2.13. The van der Waals surface area contributed by atoms with Crippen molar-refractivity contribution in [3.05, 3.63) is 46.9 Å². The number of ether oxygens (including phenoxy) is 2. The number of methoxy groups -OCH3 is 1. The Morgan fingerprint density at radius 1 is 1.33 bits per heavy atom. The molecule has 1 aliphatic rings. The Balaban J connectivity index is 2.32. The molecule has 0 amide bonds. The second-order valence-electron chi connectivity index (χ2n) is 4.44. The van der Waals surface area contributed by atoms with Crippen LogP contribution in [-0.4, -0.2) is 30.5 Å². The third-order valence-corrected chi connectivity index (χ3v) is 3.03. The molecular formula is C16H17NO4. The first-order chi connectivity index (χ1) is 10.1. The number of hydrogen-bond donors (Lipinski definition) is 1. The predicted molar refractivity (Wildman–Crippen MR) is 80.4 cm³/mol. The maximum absolute atomic E-state index is 11.8. The van der Waals surface area contributed by atoms with Crippen molar-refractivity contribution in [2.75, 3.05) is 13.7 Å². The maximum atomic E-state index is 11.8. The Kier molecular flexibility index (Phi) is 4.42. The Morgan fingerprint density at radius 3 is 2.57 bits per heavy atom. The van der Waals surface area contributed by atoms with E-state index in [2.05, 4.69) is 4.99 Å². The number of esters is 1. The van der Waals surface area contributed by atoms with Gasteiger partial charge in [-0.25, -0.2) is 9.79 Å². The van der Waals surface area contributed by atoms with Gasteiger partial charge in [-0.1, -0.05) is 12.1 Å². The van der Waals surface area contributed by atoms with Crippen LogP contribution in [0.15, 0.2) is 46.3 Å². The number of nitrogens with zero attached hydrogens (tertiary/aromatic N) is 1. The number of hydrogen-bond acceptors (Lipinski definition) is 5. The summed E-state index contributed by atoms with van der Waals surface area (Å²) in [6.45, 7) is 3.63. The molecule has 0 radical (unpaired) electrons. The second kappa shape index (κ2) is 6.26. The molecule has 1 aliphatic heterocycles. The lowest BCUT2D eigenvalue weighted by Gasteiger charge is -2.03. The fourth-order valence-corrected chi connectivity index (χ4v) is 2.00. The summed E-state index contributed by atoms with van der Waals surface area (Å²) >= 11 is 0. The summed E-state index contributed by atoms with van der Waals surface area (Å²) in [4.78, 5) is 16.0. The lowest BCUT2D eigenvalue weighted by atomic mass is 10.1. The van der Waals surface area contributed by atoms with Crippen molar-refractivity contribution in [1.82, 2.24) is 0 Å². The fraction of sp³-hybridized carbons (Fsp3) is 0.250. The van der Waals surface area contributed by atoms with Crippen molar-refractivity contribution in [2.24, 2.45) is 4.99 Å². The average Bonchev–Trinajstić information content (AvgIpc) is 2.74. The van der Waals surface area contributed by atoms with Crippen molar-refractivity contribution in [2.45, 2.75) is 13.8 Å². The number of aliphatic imine (C=N–C) groups is 1. The van der Waals surface area contributed by atoms with Crippen molar-refractivity contribution >= 4 is 17.8 Å². The number of benzene rings is 1. The van der Waals surface area contributed by atoms with Gasteiger partial charge in [0.05, 0.1) is 19.4 Å². The summed E-state index contributed by atoms with van der Waals surface area (Å²) < 4.78 is 10.00. The number of aliphatic hydroxyl groups excluding tert-OH is 1. The van der Waals surface area contributed by atoms with E-state index in [-0.39, 0.29) is 17.9 Å². The van der Waals surface area contributed by atoms with Crippen LogP contribution in [0.25, 0.3) is 6.08 Å². The van der Waals surface area contributed by atoms with E-state index in [1.807, 2.05) is 24.3 Å². The van der Waals surface area contributed by atoms with Crippen molar-refractivity contribution in [3.8, 4) is 5.75 Å². The fourth-order valence-electron chi connectivity index (χ4n) is 2.00. The zero-order chi connectivity index (χ0) is 15.4. The van der Waals surface area contributed by atoms with E-state index in [1.165, 1.54) is 0 Å². The van der Waals surface area contributed by atoms with E-state index in [4.69, 9.17) is 9.47 Å². The van der Waals surface area contributed by atoms with Crippen LogP contribution in [0.5, 0.6) is 5.75 Å². The van der Waals surface area contributed by atoms with E-state index in [9.17, 15) is 9.90 Å². The summed E-state index contributed by atoms with van der Waals surface area (Å²) in [6.07, 6.45) is 1.70. The topological polar surface area (TPSA) is 68.1 Å². The Labute approximate surface area is 123 Å². The van der Waals surface area contributed by atoms with Gasteiger partial charge in [0.25, 0.3) is 0 Å². The first kappa shape index (κ1) is 14.8. The van der Waals surface area contributed by atoms with Crippen LogP contribution in [-0.2, 0) is 9.53 Å². The zero-order valence-corrected chi connectivity index (χ0v) is 12.2. The van der Waals surface area contributed by atoms with Gasteiger partial charge in [0.15, 0.2) is 5.76 Å². The molecule has 1 aromatic rings. The molecule has 0 fully saturated rings. The van der Waals surface area contributed by atoms with E-state index in [0.717, 1.165) is 11.3 Å². The third kappa shape index (κ3) is 3.13. The minimum absolute atomic E-state index is 0.122. The molecule has 0 bridgehead atoms. The number of rotatable bonds is 4. The van der Waals surface area contributed by atoms with Gasteiger partial charge in [-0.3, -0.25) is 0 Å². The van der Waals surface area contributed by atoms with Gasteiger partial charge < -0.3 is 14.6 Å². The summed E-state index contributed by atoms with van der Waals surface area (Å²) in [5.74, 6) is 0.0337. The first-order valence-electron chi connectivity index (χ1n) is 6.59. The van der Waals surface area contributed by atoms with Crippen LogP contribution in [0.1, 0.15) is 19.4 Å². The minimum Gasteiger partial charge on any atom is -0.505 e. The van der Waals surface area contributed by atoms with Crippen molar-refractivity contribution < 1.29 is 19.4 Å². The molecular weight excluding hydrogens is 270 g/mol. The largest absolute Gasteiger partial charge is 0.505 e. The molecule has 0 saturated heterocycles. The van der Waals surface area contributed by atoms with Crippen LogP contribution >= 0.6 is 0 Å². The van der Waals surface area contributed by atoms with Crippen LogP contribution in [0.3, 0.4) is 0 Å². The van der Waals surface area contributed by atoms with Crippen molar-refractivity contribution in [1.29, 1.82) is 0 Å². The van der Waals surface area contributed by atoms with Crippen molar-refractivity contribution in [3.63, 3.8) is 0 Å². The molecule has 1 aromatic carbocycles. The van der Waals surface area contributed by atoms with E-state index in [1.54, 1.807) is 27.0 Å². The van der Waals surface area contributed by atoms with Gasteiger partial charge in [-0.05, 0) is 37.6 Å². The molecule has 0 spiro atoms. The highest BCUT2D eigenvalue weighted by Gasteiger charge is 2.27. The van der Waals surface area contributed by atoms with Crippen LogP contribution in [0.4, 0.5) is 0 Å². The van der Waals surface area contributed by atoms with Gasteiger partial charge in [0, 0.05) is 0 Å². The average molecular weight is 287 g/mol. The summed E-state index contributed by atoms with van der Waals surface area (Å²) in [7, 11) is 1.60. The molecule has 0 aliphatic carbocycles. The molecule has 1 N–H and O–H groups in total. The molecule has 5 nitrogen and oxygen atoms in total. The summed E-state index contributed by atoms with van der Waals surface area (Å²) in [5, 5.41) is 10.1. The maximum Gasteiger partial charge on any atom is 0.343 e. The molecule has 0 unspecified atom stereocenters. The molecule has 0 aromatic heterocycles. The molecule has 110 valence electrons. The second-order valence-corrected chi connectivity index (χ2v) is 4.44. The Bertz CT molecular complexity index is 639. The quantitative estimate of drug-likeness (QED) is 0.865. The van der Waals surface area contributed by atoms with Gasteiger partial charge >= 0.3 is 5.97 Å². The Morgan fingerprint density at radius 2 is 2.00 bits per heavy atom. The molecule has 2 rings (SSSR count).